The Morgan fingerprint density at radius 2 is 1.87 bits per heavy atom. The van der Waals surface area contributed by atoms with Crippen LogP contribution in [-0.2, 0) is 19.4 Å². The van der Waals surface area contributed by atoms with Crippen molar-refractivity contribution < 1.29 is 17.9 Å². The zero-order chi connectivity index (χ0) is 12.1. The van der Waals surface area contributed by atoms with Crippen molar-refractivity contribution in [2.24, 2.45) is 5.73 Å². The molecule has 0 radical (unpaired) electrons. The van der Waals surface area contributed by atoms with Crippen LogP contribution in [0.2, 0.25) is 0 Å². The summed E-state index contributed by atoms with van der Waals surface area (Å²) in [6.07, 6.45) is 0.366. The maximum absolute atomic E-state index is 11.3. The van der Waals surface area contributed by atoms with Gasteiger partial charge in [-0.1, -0.05) is 0 Å². The fourth-order valence-corrected chi connectivity index (χ4v) is 2.09. The second-order valence-corrected chi connectivity index (χ2v) is 6.50. The van der Waals surface area contributed by atoms with Crippen LogP contribution in [0.4, 0.5) is 0 Å². The summed E-state index contributed by atoms with van der Waals surface area (Å²) in [7, 11) is -3.37. The van der Waals surface area contributed by atoms with Crippen LogP contribution < -0.4 is 5.73 Å². The second kappa shape index (κ2) is 5.46. The quantitative estimate of drug-likeness (QED) is 0.685. The minimum absolute atomic E-state index is 0.0667. The van der Waals surface area contributed by atoms with Gasteiger partial charge in [-0.25, -0.2) is 8.42 Å². The van der Waals surface area contributed by atoms with Crippen LogP contribution in [-0.4, -0.2) is 38.0 Å². The van der Waals surface area contributed by atoms with Crippen molar-refractivity contribution >= 4 is 15.8 Å². The van der Waals surface area contributed by atoms with E-state index in [1.165, 1.54) is 0 Å². The SMILES string of the molecule is CC(C)(C)OC(=O)CS(=O)(=O)CCCN. The lowest BCUT2D eigenvalue weighted by Crippen LogP contribution is -2.29. The number of hydrogen-bond acceptors (Lipinski definition) is 5. The van der Waals surface area contributed by atoms with Crippen molar-refractivity contribution in [3.8, 4) is 0 Å². The van der Waals surface area contributed by atoms with Crippen molar-refractivity contribution in [1.29, 1.82) is 0 Å². The van der Waals surface area contributed by atoms with E-state index in [1.54, 1.807) is 20.8 Å². The number of esters is 1. The smallest absolute Gasteiger partial charge is 0.321 e. The molecular formula is C9H19NO4S. The van der Waals surface area contributed by atoms with Gasteiger partial charge in [-0.3, -0.25) is 4.79 Å². The fourth-order valence-electron chi connectivity index (χ4n) is 0.926. The monoisotopic (exact) mass is 237 g/mol. The first kappa shape index (κ1) is 14.4. The van der Waals surface area contributed by atoms with Crippen molar-refractivity contribution in [3.05, 3.63) is 0 Å². The van der Waals surface area contributed by atoms with Crippen LogP contribution in [0.5, 0.6) is 0 Å². The van der Waals surface area contributed by atoms with Crippen LogP contribution >= 0.6 is 0 Å². The molecule has 0 aliphatic heterocycles. The Hall–Kier alpha value is -0.620. The molecule has 15 heavy (non-hydrogen) atoms. The first-order chi connectivity index (χ1) is 6.66. The molecule has 0 aliphatic rings. The third-order valence-corrected chi connectivity index (χ3v) is 3.00. The average molecular weight is 237 g/mol. The van der Waals surface area contributed by atoms with Gasteiger partial charge in [0.05, 0.1) is 5.75 Å². The Bertz CT molecular complexity index is 303. The topological polar surface area (TPSA) is 86.5 Å². The van der Waals surface area contributed by atoms with Crippen LogP contribution in [0.3, 0.4) is 0 Å². The van der Waals surface area contributed by atoms with Gasteiger partial charge in [-0.05, 0) is 33.7 Å². The third kappa shape index (κ3) is 8.38. The largest absolute Gasteiger partial charge is 0.459 e. The lowest BCUT2D eigenvalue weighted by molar-refractivity contribution is -0.151. The summed E-state index contributed by atoms with van der Waals surface area (Å²) in [6, 6.07) is 0. The summed E-state index contributed by atoms with van der Waals surface area (Å²) in [6.45, 7) is 5.37. The summed E-state index contributed by atoms with van der Waals surface area (Å²) in [5.74, 6) is -1.34. The highest BCUT2D eigenvalue weighted by molar-refractivity contribution is 7.92. The molecule has 0 saturated heterocycles. The summed E-state index contributed by atoms with van der Waals surface area (Å²) in [5.41, 5.74) is 4.54. The zero-order valence-electron chi connectivity index (χ0n) is 9.45. The molecule has 0 amide bonds. The molecule has 0 aromatic rings. The summed E-state index contributed by atoms with van der Waals surface area (Å²) >= 11 is 0. The van der Waals surface area contributed by atoms with Crippen LogP contribution in [0, 0.1) is 0 Å². The van der Waals surface area contributed by atoms with Crippen molar-refractivity contribution in [3.63, 3.8) is 0 Å². The van der Waals surface area contributed by atoms with Crippen molar-refractivity contribution in [1.82, 2.24) is 0 Å². The van der Waals surface area contributed by atoms with Gasteiger partial charge in [0.15, 0.2) is 9.84 Å². The number of nitrogens with two attached hydrogens (primary N) is 1. The van der Waals surface area contributed by atoms with Gasteiger partial charge in [-0.15, -0.1) is 0 Å². The van der Waals surface area contributed by atoms with E-state index in [1.807, 2.05) is 0 Å². The molecule has 0 saturated carbocycles. The normalized spacial score (nSPS) is 12.5. The molecule has 0 aromatic heterocycles. The lowest BCUT2D eigenvalue weighted by Gasteiger charge is -2.19. The summed E-state index contributed by atoms with van der Waals surface area (Å²) in [4.78, 5) is 11.2. The predicted octanol–water partition coefficient (Wildman–Crippen LogP) is 0.0917. The van der Waals surface area contributed by atoms with Gasteiger partial charge in [0, 0.05) is 0 Å². The van der Waals surface area contributed by atoms with Gasteiger partial charge < -0.3 is 10.5 Å². The molecule has 90 valence electrons. The molecular weight excluding hydrogens is 218 g/mol. The van der Waals surface area contributed by atoms with E-state index in [0.717, 1.165) is 0 Å². The van der Waals surface area contributed by atoms with E-state index in [-0.39, 0.29) is 5.75 Å². The Kier molecular flexibility index (Phi) is 5.23. The molecule has 2 N–H and O–H groups in total. The van der Waals surface area contributed by atoms with Gasteiger partial charge >= 0.3 is 5.97 Å². The van der Waals surface area contributed by atoms with E-state index < -0.39 is 27.2 Å². The van der Waals surface area contributed by atoms with Gasteiger partial charge in [0.2, 0.25) is 0 Å². The Balaban J connectivity index is 4.17. The zero-order valence-corrected chi connectivity index (χ0v) is 10.3. The number of carbonyl (C=O) groups excluding carboxylic acids is 1. The number of carbonyl (C=O) groups is 1. The van der Waals surface area contributed by atoms with Crippen LogP contribution in [0.15, 0.2) is 0 Å². The molecule has 0 aromatic carbocycles. The number of hydrogen-bond donors (Lipinski definition) is 1. The Morgan fingerprint density at radius 3 is 2.27 bits per heavy atom. The molecule has 0 unspecified atom stereocenters. The molecule has 0 rings (SSSR count). The molecule has 0 spiro atoms. The maximum Gasteiger partial charge on any atom is 0.321 e. The highest BCUT2D eigenvalue weighted by atomic mass is 32.2. The third-order valence-electron chi connectivity index (χ3n) is 1.42. The minimum atomic E-state index is -3.37. The highest BCUT2D eigenvalue weighted by Gasteiger charge is 2.22. The first-order valence-electron chi connectivity index (χ1n) is 4.78. The van der Waals surface area contributed by atoms with Gasteiger partial charge in [-0.2, -0.15) is 0 Å². The molecule has 0 fully saturated rings. The molecule has 0 bridgehead atoms. The lowest BCUT2D eigenvalue weighted by atomic mass is 10.2. The van der Waals surface area contributed by atoms with Crippen molar-refractivity contribution in [2.75, 3.05) is 18.1 Å². The number of rotatable bonds is 5. The molecule has 5 nitrogen and oxygen atoms in total. The Labute approximate surface area is 90.9 Å². The summed E-state index contributed by atoms with van der Waals surface area (Å²) in [5, 5.41) is 0. The van der Waals surface area contributed by atoms with Gasteiger partial charge in [0.25, 0.3) is 0 Å². The van der Waals surface area contributed by atoms with Crippen LogP contribution in [0.25, 0.3) is 0 Å². The molecule has 0 aliphatic carbocycles. The molecule has 0 heterocycles. The summed E-state index contributed by atoms with van der Waals surface area (Å²) < 4.78 is 27.6. The fraction of sp³-hybridized carbons (Fsp3) is 0.889. The van der Waals surface area contributed by atoms with Crippen LogP contribution in [0.1, 0.15) is 27.2 Å². The average Bonchev–Trinajstić information content (AvgIpc) is 1.95. The van der Waals surface area contributed by atoms with E-state index in [9.17, 15) is 13.2 Å². The van der Waals surface area contributed by atoms with E-state index in [4.69, 9.17) is 10.5 Å². The molecule has 0 atom stereocenters. The first-order valence-corrected chi connectivity index (χ1v) is 6.61. The van der Waals surface area contributed by atoms with E-state index >= 15 is 0 Å². The van der Waals surface area contributed by atoms with Gasteiger partial charge in [0.1, 0.15) is 11.4 Å². The maximum atomic E-state index is 11.3. The van der Waals surface area contributed by atoms with E-state index in [2.05, 4.69) is 0 Å². The molecule has 6 heteroatoms. The highest BCUT2D eigenvalue weighted by Crippen LogP contribution is 2.08. The Morgan fingerprint density at radius 1 is 1.33 bits per heavy atom. The van der Waals surface area contributed by atoms with Crippen molar-refractivity contribution in [2.45, 2.75) is 32.8 Å². The minimum Gasteiger partial charge on any atom is -0.459 e. The second-order valence-electron chi connectivity index (χ2n) is 4.32. The number of ether oxygens (including phenoxy) is 1. The predicted molar refractivity (Wildman–Crippen MR) is 58.2 cm³/mol. The standard InChI is InChI=1S/C9H19NO4S/c1-9(2,3)14-8(11)7-15(12,13)6-4-5-10/h4-7,10H2,1-3H3. The number of sulfone groups is 1. The van der Waals surface area contributed by atoms with E-state index in [0.29, 0.717) is 13.0 Å².